The molecule has 0 aromatic heterocycles. The van der Waals surface area contributed by atoms with Gasteiger partial charge in [-0.3, -0.25) is 9.10 Å². The maximum atomic E-state index is 12.4. The molecule has 1 atom stereocenters. The van der Waals surface area contributed by atoms with Crippen LogP contribution in [0.3, 0.4) is 0 Å². The van der Waals surface area contributed by atoms with Gasteiger partial charge in [-0.25, -0.2) is 8.42 Å². The lowest BCUT2D eigenvalue weighted by Crippen LogP contribution is -2.27. The van der Waals surface area contributed by atoms with Gasteiger partial charge in [-0.05, 0) is 42.7 Å². The minimum Gasteiger partial charge on any atom is -0.335 e. The number of hydrogen-bond acceptors (Lipinski definition) is 3. The standard InChI is InChI=1S/C21H24N2O3S/c1-17(19-7-4-3-5-8-19)22(2)21(24)14-11-18-9-12-20(13-10-18)23-15-6-16-27(23,25)26/h3-5,7-14,17H,6,15-16H2,1-2H3. The van der Waals surface area contributed by atoms with E-state index in [9.17, 15) is 13.2 Å². The third-order valence-electron chi connectivity index (χ3n) is 4.91. The van der Waals surface area contributed by atoms with Crippen LogP contribution in [0.15, 0.2) is 60.7 Å². The van der Waals surface area contributed by atoms with E-state index in [1.807, 2.05) is 49.4 Å². The summed E-state index contributed by atoms with van der Waals surface area (Å²) in [5, 5.41) is 0. The van der Waals surface area contributed by atoms with Crippen molar-refractivity contribution in [3.8, 4) is 0 Å². The molecule has 1 aliphatic rings. The molecular weight excluding hydrogens is 360 g/mol. The Kier molecular flexibility index (Phi) is 5.65. The molecule has 1 unspecified atom stereocenters. The van der Waals surface area contributed by atoms with Crippen LogP contribution in [0.2, 0.25) is 0 Å². The van der Waals surface area contributed by atoms with E-state index < -0.39 is 10.0 Å². The Morgan fingerprint density at radius 2 is 1.78 bits per heavy atom. The summed E-state index contributed by atoms with van der Waals surface area (Å²) in [6.45, 7) is 2.52. The van der Waals surface area contributed by atoms with Crippen molar-refractivity contribution < 1.29 is 13.2 Å². The first-order chi connectivity index (χ1) is 12.9. The number of anilines is 1. The van der Waals surface area contributed by atoms with E-state index in [1.165, 1.54) is 4.31 Å². The molecule has 2 aromatic rings. The number of carbonyl (C=O) groups is 1. The molecule has 0 bridgehead atoms. The average molecular weight is 385 g/mol. The summed E-state index contributed by atoms with van der Waals surface area (Å²) < 4.78 is 25.4. The normalized spacial score (nSPS) is 17.2. The maximum Gasteiger partial charge on any atom is 0.246 e. The van der Waals surface area contributed by atoms with Gasteiger partial charge in [-0.15, -0.1) is 0 Å². The fourth-order valence-electron chi connectivity index (χ4n) is 3.11. The number of amides is 1. The van der Waals surface area contributed by atoms with Gasteiger partial charge in [0, 0.05) is 19.7 Å². The van der Waals surface area contributed by atoms with Gasteiger partial charge in [-0.1, -0.05) is 42.5 Å². The molecule has 6 heteroatoms. The first-order valence-electron chi connectivity index (χ1n) is 8.99. The summed E-state index contributed by atoms with van der Waals surface area (Å²) in [6.07, 6.45) is 3.95. The van der Waals surface area contributed by atoms with Crippen molar-refractivity contribution in [1.82, 2.24) is 4.90 Å². The lowest BCUT2D eigenvalue weighted by atomic mass is 10.1. The quantitative estimate of drug-likeness (QED) is 0.742. The van der Waals surface area contributed by atoms with E-state index >= 15 is 0 Å². The van der Waals surface area contributed by atoms with Crippen LogP contribution in [0.4, 0.5) is 5.69 Å². The summed E-state index contributed by atoms with van der Waals surface area (Å²) in [5.41, 5.74) is 2.60. The highest BCUT2D eigenvalue weighted by molar-refractivity contribution is 7.93. The number of likely N-dealkylation sites (N-methyl/N-ethyl adjacent to an activating group) is 1. The van der Waals surface area contributed by atoms with Crippen LogP contribution < -0.4 is 4.31 Å². The van der Waals surface area contributed by atoms with Gasteiger partial charge in [0.15, 0.2) is 0 Å². The number of sulfonamides is 1. The Morgan fingerprint density at radius 3 is 2.37 bits per heavy atom. The van der Waals surface area contributed by atoms with E-state index in [1.54, 1.807) is 36.2 Å². The summed E-state index contributed by atoms with van der Waals surface area (Å²) in [4.78, 5) is 14.1. The molecule has 0 spiro atoms. The van der Waals surface area contributed by atoms with Crippen molar-refractivity contribution in [2.24, 2.45) is 0 Å². The van der Waals surface area contributed by atoms with Crippen LogP contribution in [-0.2, 0) is 14.8 Å². The van der Waals surface area contributed by atoms with E-state index in [-0.39, 0.29) is 17.7 Å². The molecule has 0 aliphatic carbocycles. The summed E-state index contributed by atoms with van der Waals surface area (Å²) in [6, 6.07) is 17.1. The minimum absolute atomic E-state index is 0.0221. The van der Waals surface area contributed by atoms with Crippen molar-refractivity contribution in [3.05, 3.63) is 71.8 Å². The summed E-state index contributed by atoms with van der Waals surface area (Å²) in [7, 11) is -1.39. The zero-order valence-electron chi connectivity index (χ0n) is 15.6. The SMILES string of the molecule is CC(c1ccccc1)N(C)C(=O)C=Cc1ccc(N2CCCS2(=O)=O)cc1. The molecule has 1 saturated heterocycles. The highest BCUT2D eigenvalue weighted by Crippen LogP contribution is 2.24. The van der Waals surface area contributed by atoms with Gasteiger partial charge in [-0.2, -0.15) is 0 Å². The van der Waals surface area contributed by atoms with Gasteiger partial charge >= 0.3 is 0 Å². The Bertz CT molecular complexity index is 922. The van der Waals surface area contributed by atoms with Crippen molar-refractivity contribution in [3.63, 3.8) is 0 Å². The van der Waals surface area contributed by atoms with Crippen LogP contribution in [-0.4, -0.2) is 38.6 Å². The van der Waals surface area contributed by atoms with Crippen molar-refractivity contribution in [1.29, 1.82) is 0 Å². The Hall–Kier alpha value is -2.60. The molecule has 5 nitrogen and oxygen atoms in total. The highest BCUT2D eigenvalue weighted by Gasteiger charge is 2.28. The third kappa shape index (κ3) is 4.39. The van der Waals surface area contributed by atoms with Crippen LogP contribution in [0.1, 0.15) is 30.5 Å². The van der Waals surface area contributed by atoms with E-state index in [0.29, 0.717) is 18.7 Å². The van der Waals surface area contributed by atoms with Crippen LogP contribution in [0.5, 0.6) is 0 Å². The van der Waals surface area contributed by atoms with Gasteiger partial charge in [0.25, 0.3) is 0 Å². The second-order valence-corrected chi connectivity index (χ2v) is 8.72. The highest BCUT2D eigenvalue weighted by atomic mass is 32.2. The lowest BCUT2D eigenvalue weighted by Gasteiger charge is -2.24. The zero-order valence-corrected chi connectivity index (χ0v) is 16.4. The molecule has 0 radical (unpaired) electrons. The second kappa shape index (κ2) is 7.96. The molecular formula is C21H24N2O3S. The predicted molar refractivity (Wildman–Crippen MR) is 109 cm³/mol. The van der Waals surface area contributed by atoms with E-state index in [2.05, 4.69) is 0 Å². The largest absolute Gasteiger partial charge is 0.335 e. The Labute approximate surface area is 161 Å². The van der Waals surface area contributed by atoms with Crippen molar-refractivity contribution in [2.45, 2.75) is 19.4 Å². The number of hydrogen-bond donors (Lipinski definition) is 0. The maximum absolute atomic E-state index is 12.4. The van der Waals surface area contributed by atoms with Crippen molar-refractivity contribution >= 4 is 27.7 Å². The fourth-order valence-corrected chi connectivity index (χ4v) is 4.68. The van der Waals surface area contributed by atoms with Crippen LogP contribution in [0.25, 0.3) is 6.08 Å². The Morgan fingerprint density at radius 1 is 1.11 bits per heavy atom. The number of rotatable bonds is 5. The average Bonchev–Trinajstić information content (AvgIpc) is 3.05. The van der Waals surface area contributed by atoms with Crippen LogP contribution in [0, 0.1) is 0 Å². The van der Waals surface area contributed by atoms with Crippen LogP contribution >= 0.6 is 0 Å². The van der Waals surface area contributed by atoms with E-state index in [4.69, 9.17) is 0 Å². The zero-order chi connectivity index (χ0) is 19.4. The van der Waals surface area contributed by atoms with Gasteiger partial charge in [0.1, 0.15) is 0 Å². The van der Waals surface area contributed by atoms with Gasteiger partial charge < -0.3 is 4.90 Å². The third-order valence-corrected chi connectivity index (χ3v) is 6.78. The molecule has 142 valence electrons. The smallest absolute Gasteiger partial charge is 0.246 e. The number of benzene rings is 2. The topological polar surface area (TPSA) is 57.7 Å². The number of carbonyl (C=O) groups excluding carboxylic acids is 1. The summed E-state index contributed by atoms with van der Waals surface area (Å²) >= 11 is 0. The molecule has 1 heterocycles. The molecule has 1 aliphatic heterocycles. The van der Waals surface area contributed by atoms with Gasteiger partial charge in [0.05, 0.1) is 17.5 Å². The number of nitrogens with zero attached hydrogens (tertiary/aromatic N) is 2. The van der Waals surface area contributed by atoms with E-state index in [0.717, 1.165) is 11.1 Å². The molecule has 2 aromatic carbocycles. The molecule has 0 N–H and O–H groups in total. The van der Waals surface area contributed by atoms with Crippen molar-refractivity contribution in [2.75, 3.05) is 23.7 Å². The lowest BCUT2D eigenvalue weighted by molar-refractivity contribution is -0.126. The molecule has 1 amide bonds. The molecule has 27 heavy (non-hydrogen) atoms. The Balaban J connectivity index is 1.66. The molecule has 1 fully saturated rings. The van der Waals surface area contributed by atoms with Gasteiger partial charge in [0.2, 0.25) is 15.9 Å². The predicted octanol–water partition coefficient (Wildman–Crippen LogP) is 3.46. The first kappa shape index (κ1) is 19.2. The molecule has 0 saturated carbocycles. The second-order valence-electron chi connectivity index (χ2n) is 6.70. The minimum atomic E-state index is -3.17. The molecule has 3 rings (SSSR count). The fraction of sp³-hybridized carbons (Fsp3) is 0.286. The first-order valence-corrected chi connectivity index (χ1v) is 10.6. The summed E-state index contributed by atoms with van der Waals surface area (Å²) in [5.74, 6) is 0.118. The monoisotopic (exact) mass is 384 g/mol.